The first-order valence-electron chi connectivity index (χ1n) is 7.46. The lowest BCUT2D eigenvalue weighted by Gasteiger charge is -2.05. The molecule has 0 aliphatic heterocycles. The number of hydrogen-bond donors (Lipinski definition) is 1. The number of nitrogens with one attached hydrogen (secondary N) is 1. The maximum atomic E-state index is 4.29. The molecule has 2 aromatic heterocycles. The Morgan fingerprint density at radius 2 is 2.05 bits per heavy atom. The van der Waals surface area contributed by atoms with Gasteiger partial charge in [0, 0.05) is 42.6 Å². The molecule has 1 N–H and O–H groups in total. The van der Waals surface area contributed by atoms with Crippen molar-refractivity contribution in [2.45, 2.75) is 26.9 Å². The molecule has 3 rings (SSSR count). The molecule has 0 saturated carbocycles. The lowest BCUT2D eigenvalue weighted by Crippen LogP contribution is -2.11. The average Bonchev–Trinajstić information content (AvgIpc) is 2.84. The molecule has 0 fully saturated rings. The second kappa shape index (κ2) is 6.10. The lowest BCUT2D eigenvalue weighted by atomic mass is 10.2. The van der Waals surface area contributed by atoms with Crippen LogP contribution in [-0.4, -0.2) is 16.1 Å². The molecule has 1 aromatic carbocycles. The van der Waals surface area contributed by atoms with Crippen molar-refractivity contribution in [2.24, 2.45) is 0 Å². The van der Waals surface area contributed by atoms with Crippen LogP contribution in [0.1, 0.15) is 23.6 Å². The maximum Gasteiger partial charge on any atom is 0.0491 e. The quantitative estimate of drug-likeness (QED) is 0.774. The predicted molar refractivity (Wildman–Crippen MR) is 87.4 cm³/mol. The second-order valence-corrected chi connectivity index (χ2v) is 5.45. The zero-order chi connectivity index (χ0) is 14.7. The number of benzene rings is 1. The number of nitrogens with zero attached hydrogens (tertiary/aromatic N) is 2. The van der Waals surface area contributed by atoms with E-state index in [-0.39, 0.29) is 0 Å². The minimum atomic E-state index is 0.862. The minimum absolute atomic E-state index is 0.862. The molecular weight excluding hydrogens is 258 g/mol. The number of pyridine rings is 1. The summed E-state index contributed by atoms with van der Waals surface area (Å²) < 4.78 is 2.32. The highest BCUT2D eigenvalue weighted by Gasteiger charge is 2.08. The Morgan fingerprint density at radius 1 is 1.19 bits per heavy atom. The van der Waals surface area contributed by atoms with Gasteiger partial charge in [-0.2, -0.15) is 0 Å². The van der Waals surface area contributed by atoms with Crippen LogP contribution in [0.2, 0.25) is 0 Å². The zero-order valence-electron chi connectivity index (χ0n) is 12.6. The third-order valence-electron chi connectivity index (χ3n) is 3.72. The average molecular weight is 279 g/mol. The van der Waals surface area contributed by atoms with Crippen molar-refractivity contribution < 1.29 is 0 Å². The highest BCUT2D eigenvalue weighted by Crippen LogP contribution is 2.22. The number of fused-ring (bicyclic) bond motifs is 1. The monoisotopic (exact) mass is 279 g/mol. The molecule has 0 bridgehead atoms. The molecule has 0 aliphatic rings. The fourth-order valence-electron chi connectivity index (χ4n) is 2.75. The van der Waals surface area contributed by atoms with E-state index in [4.69, 9.17) is 0 Å². The van der Waals surface area contributed by atoms with Crippen LogP contribution in [0.25, 0.3) is 10.9 Å². The lowest BCUT2D eigenvalue weighted by molar-refractivity contribution is 0.724. The van der Waals surface area contributed by atoms with E-state index in [0.29, 0.717) is 0 Å². The first-order valence-corrected chi connectivity index (χ1v) is 7.46. The largest absolute Gasteiger partial charge is 0.343 e. The van der Waals surface area contributed by atoms with Crippen molar-refractivity contribution in [2.75, 3.05) is 6.54 Å². The van der Waals surface area contributed by atoms with Gasteiger partial charge in [-0.15, -0.1) is 0 Å². The fourth-order valence-corrected chi connectivity index (χ4v) is 2.75. The third-order valence-corrected chi connectivity index (χ3v) is 3.72. The summed E-state index contributed by atoms with van der Waals surface area (Å²) in [6, 6.07) is 10.8. The first kappa shape index (κ1) is 13.8. The molecule has 0 aliphatic carbocycles. The Labute approximate surface area is 125 Å². The highest BCUT2D eigenvalue weighted by molar-refractivity contribution is 5.84. The van der Waals surface area contributed by atoms with E-state index >= 15 is 0 Å². The van der Waals surface area contributed by atoms with Gasteiger partial charge in [0.2, 0.25) is 0 Å². The summed E-state index contributed by atoms with van der Waals surface area (Å²) in [5.74, 6) is 0. The molecule has 0 unspecified atom stereocenters. The van der Waals surface area contributed by atoms with Crippen molar-refractivity contribution in [3.05, 3.63) is 65.6 Å². The third kappa shape index (κ3) is 2.98. The van der Waals surface area contributed by atoms with Crippen LogP contribution in [0.15, 0.2) is 48.9 Å². The molecule has 0 spiro atoms. The molecule has 3 heteroatoms. The van der Waals surface area contributed by atoms with Crippen molar-refractivity contribution in [3.8, 4) is 0 Å². The number of para-hydroxylation sites is 1. The Balaban J connectivity index is 1.98. The van der Waals surface area contributed by atoms with Gasteiger partial charge in [0.25, 0.3) is 0 Å². The summed E-state index contributed by atoms with van der Waals surface area (Å²) in [5, 5.41) is 4.75. The van der Waals surface area contributed by atoms with Crippen molar-refractivity contribution in [1.82, 2.24) is 14.9 Å². The molecule has 0 radical (unpaired) electrons. The Hall–Kier alpha value is -2.13. The van der Waals surface area contributed by atoms with Crippen LogP contribution in [-0.2, 0) is 13.1 Å². The number of aryl methyl sites for hydroxylation is 1. The van der Waals surface area contributed by atoms with Gasteiger partial charge >= 0.3 is 0 Å². The normalized spacial score (nSPS) is 11.1. The SMILES string of the molecule is CCNCc1cn(Cc2cncc(C)c2)c2ccccc12. The topological polar surface area (TPSA) is 29.9 Å². The molecule has 3 nitrogen and oxygen atoms in total. The standard InChI is InChI=1S/C18H21N3/c1-3-19-11-16-13-21(18-7-5-4-6-17(16)18)12-15-8-14(2)9-20-10-15/h4-10,13,19H,3,11-12H2,1-2H3. The van der Waals surface area contributed by atoms with Crippen LogP contribution in [0, 0.1) is 6.92 Å². The Kier molecular flexibility index (Phi) is 4.02. The molecule has 108 valence electrons. The van der Waals surface area contributed by atoms with Crippen LogP contribution in [0.3, 0.4) is 0 Å². The van der Waals surface area contributed by atoms with Crippen LogP contribution in [0.5, 0.6) is 0 Å². The molecule has 21 heavy (non-hydrogen) atoms. The van der Waals surface area contributed by atoms with Crippen LogP contribution in [0.4, 0.5) is 0 Å². The minimum Gasteiger partial charge on any atom is -0.343 e. The fraction of sp³-hybridized carbons (Fsp3) is 0.278. The van der Waals surface area contributed by atoms with E-state index in [1.165, 1.54) is 27.6 Å². The van der Waals surface area contributed by atoms with Crippen LogP contribution >= 0.6 is 0 Å². The smallest absolute Gasteiger partial charge is 0.0491 e. The Bertz CT molecular complexity index is 743. The van der Waals surface area contributed by atoms with Gasteiger partial charge in [-0.1, -0.05) is 31.2 Å². The molecular formula is C18H21N3. The molecule has 2 heterocycles. The van der Waals surface area contributed by atoms with E-state index in [0.717, 1.165) is 19.6 Å². The van der Waals surface area contributed by atoms with Gasteiger partial charge in [0.05, 0.1) is 0 Å². The van der Waals surface area contributed by atoms with Crippen molar-refractivity contribution in [1.29, 1.82) is 0 Å². The predicted octanol–water partition coefficient (Wildman–Crippen LogP) is 3.50. The maximum absolute atomic E-state index is 4.29. The van der Waals surface area contributed by atoms with Gasteiger partial charge in [-0.05, 0) is 36.2 Å². The summed E-state index contributed by atoms with van der Waals surface area (Å²) in [6.07, 6.45) is 6.11. The van der Waals surface area contributed by atoms with Crippen LogP contribution < -0.4 is 5.32 Å². The van der Waals surface area contributed by atoms with Gasteiger partial charge in [0.15, 0.2) is 0 Å². The first-order chi connectivity index (χ1) is 10.3. The molecule has 0 atom stereocenters. The second-order valence-electron chi connectivity index (χ2n) is 5.45. The van der Waals surface area contributed by atoms with E-state index < -0.39 is 0 Å². The number of aromatic nitrogens is 2. The number of hydrogen-bond acceptors (Lipinski definition) is 2. The summed E-state index contributed by atoms with van der Waals surface area (Å²) in [6.45, 7) is 6.98. The number of rotatable bonds is 5. The van der Waals surface area contributed by atoms with E-state index in [1.807, 2.05) is 12.4 Å². The highest BCUT2D eigenvalue weighted by atomic mass is 15.0. The zero-order valence-corrected chi connectivity index (χ0v) is 12.6. The van der Waals surface area contributed by atoms with E-state index in [1.54, 1.807) is 0 Å². The molecule has 0 saturated heterocycles. The molecule has 3 aromatic rings. The summed E-state index contributed by atoms with van der Waals surface area (Å²) >= 11 is 0. The van der Waals surface area contributed by atoms with E-state index in [2.05, 4.69) is 65.2 Å². The van der Waals surface area contributed by atoms with Gasteiger partial charge in [-0.25, -0.2) is 0 Å². The van der Waals surface area contributed by atoms with E-state index in [9.17, 15) is 0 Å². The summed E-state index contributed by atoms with van der Waals surface area (Å²) in [4.78, 5) is 4.29. The molecule has 0 amide bonds. The van der Waals surface area contributed by atoms with Gasteiger partial charge < -0.3 is 9.88 Å². The van der Waals surface area contributed by atoms with Crippen molar-refractivity contribution in [3.63, 3.8) is 0 Å². The van der Waals surface area contributed by atoms with Gasteiger partial charge in [-0.3, -0.25) is 4.98 Å². The Morgan fingerprint density at radius 3 is 2.86 bits per heavy atom. The summed E-state index contributed by atoms with van der Waals surface area (Å²) in [5.41, 5.74) is 5.09. The summed E-state index contributed by atoms with van der Waals surface area (Å²) in [7, 11) is 0. The van der Waals surface area contributed by atoms with Crippen molar-refractivity contribution >= 4 is 10.9 Å². The van der Waals surface area contributed by atoms with Gasteiger partial charge in [0.1, 0.15) is 0 Å².